The van der Waals surface area contributed by atoms with Gasteiger partial charge < -0.3 is 15.0 Å². The predicted molar refractivity (Wildman–Crippen MR) is 90.3 cm³/mol. The molecular formula is C16H29N3OS. The second-order valence-corrected chi connectivity index (χ2v) is 6.82. The van der Waals surface area contributed by atoms with Gasteiger partial charge in [0.05, 0.1) is 11.8 Å². The van der Waals surface area contributed by atoms with Gasteiger partial charge in [0.15, 0.2) is 5.13 Å². The summed E-state index contributed by atoms with van der Waals surface area (Å²) in [5, 5.41) is 4.64. The zero-order chi connectivity index (χ0) is 15.1. The number of hydrogen-bond acceptors (Lipinski definition) is 5. The molecule has 0 aromatic carbocycles. The molecule has 1 unspecified atom stereocenters. The van der Waals surface area contributed by atoms with Gasteiger partial charge >= 0.3 is 0 Å². The average Bonchev–Trinajstić information content (AvgIpc) is 2.87. The van der Waals surface area contributed by atoms with Crippen LogP contribution < -0.4 is 10.2 Å². The number of thiazole rings is 1. The summed E-state index contributed by atoms with van der Waals surface area (Å²) in [5.41, 5.74) is 1.18. The minimum absolute atomic E-state index is 0.379. The van der Waals surface area contributed by atoms with Crippen LogP contribution >= 0.6 is 11.3 Å². The van der Waals surface area contributed by atoms with Gasteiger partial charge in [0.25, 0.3) is 0 Å². The molecular weight excluding hydrogens is 282 g/mol. The molecule has 1 aromatic heterocycles. The molecule has 2 heterocycles. The molecule has 0 amide bonds. The van der Waals surface area contributed by atoms with E-state index in [1.165, 1.54) is 35.0 Å². The van der Waals surface area contributed by atoms with Crippen molar-refractivity contribution in [2.24, 2.45) is 0 Å². The van der Waals surface area contributed by atoms with Crippen LogP contribution in [0, 0.1) is 6.92 Å². The maximum atomic E-state index is 5.92. The van der Waals surface area contributed by atoms with Gasteiger partial charge in [-0.2, -0.15) is 0 Å². The Balaban J connectivity index is 1.92. The summed E-state index contributed by atoms with van der Waals surface area (Å²) in [5.74, 6) is 0. The maximum absolute atomic E-state index is 5.92. The quantitative estimate of drug-likeness (QED) is 0.747. The lowest BCUT2D eigenvalue weighted by Crippen LogP contribution is -2.39. The average molecular weight is 311 g/mol. The van der Waals surface area contributed by atoms with Crippen LogP contribution in [0.5, 0.6) is 0 Å². The molecule has 1 aliphatic rings. The van der Waals surface area contributed by atoms with Gasteiger partial charge in [-0.1, -0.05) is 13.8 Å². The number of hydrogen-bond donors (Lipinski definition) is 1. The first-order chi connectivity index (χ1) is 10.2. The van der Waals surface area contributed by atoms with Crippen LogP contribution in [0.15, 0.2) is 0 Å². The third kappa shape index (κ3) is 4.94. The number of aromatic nitrogens is 1. The van der Waals surface area contributed by atoms with Crippen molar-refractivity contribution in [1.82, 2.24) is 10.3 Å². The van der Waals surface area contributed by atoms with Crippen molar-refractivity contribution in [3.63, 3.8) is 0 Å². The normalized spacial score (nSPS) is 19.2. The van der Waals surface area contributed by atoms with Crippen molar-refractivity contribution < 1.29 is 4.74 Å². The lowest BCUT2D eigenvalue weighted by molar-refractivity contribution is 0.0440. The molecule has 1 N–H and O–H groups in total. The van der Waals surface area contributed by atoms with Crippen LogP contribution in [0.25, 0.3) is 0 Å². The smallest absolute Gasteiger partial charge is 0.185 e. The molecule has 0 bridgehead atoms. The summed E-state index contributed by atoms with van der Waals surface area (Å²) in [6.45, 7) is 11.5. The lowest BCUT2D eigenvalue weighted by Gasteiger charge is -2.32. The molecule has 1 saturated heterocycles. The summed E-state index contributed by atoms with van der Waals surface area (Å²) in [6, 6.07) is 0. The standard InChI is InChI=1S/C16H29N3OS/c1-4-8-17-11-15-13(3)18-16(21-15)19-9-6-7-14(12-19)20-10-5-2/h14,17H,4-12H2,1-3H3. The van der Waals surface area contributed by atoms with Gasteiger partial charge in [0.1, 0.15) is 0 Å². The zero-order valence-corrected chi connectivity index (χ0v) is 14.5. The van der Waals surface area contributed by atoms with Gasteiger partial charge in [-0.15, -0.1) is 11.3 Å². The van der Waals surface area contributed by atoms with E-state index in [0.29, 0.717) is 6.10 Å². The maximum Gasteiger partial charge on any atom is 0.185 e. The Bertz CT molecular complexity index is 422. The summed E-state index contributed by atoms with van der Waals surface area (Å²) in [6.07, 6.45) is 5.04. The van der Waals surface area contributed by atoms with Crippen LogP contribution in [0.3, 0.4) is 0 Å². The fourth-order valence-corrected chi connectivity index (χ4v) is 3.69. The highest BCUT2D eigenvalue weighted by Crippen LogP contribution is 2.28. The number of aryl methyl sites for hydroxylation is 1. The van der Waals surface area contributed by atoms with Gasteiger partial charge in [0, 0.05) is 31.1 Å². The van der Waals surface area contributed by atoms with E-state index in [0.717, 1.165) is 39.2 Å². The number of anilines is 1. The molecule has 0 saturated carbocycles. The highest BCUT2D eigenvalue weighted by atomic mass is 32.1. The van der Waals surface area contributed by atoms with Crippen LogP contribution in [-0.2, 0) is 11.3 Å². The largest absolute Gasteiger partial charge is 0.376 e. The molecule has 1 aliphatic heterocycles. The summed E-state index contributed by atoms with van der Waals surface area (Å²) in [7, 11) is 0. The van der Waals surface area contributed by atoms with Gasteiger partial charge in [0.2, 0.25) is 0 Å². The van der Waals surface area contributed by atoms with Crippen molar-refractivity contribution in [2.75, 3.05) is 31.1 Å². The van der Waals surface area contributed by atoms with Crippen molar-refractivity contribution in [3.05, 3.63) is 10.6 Å². The van der Waals surface area contributed by atoms with Crippen LogP contribution in [0.1, 0.15) is 50.1 Å². The van der Waals surface area contributed by atoms with Crippen molar-refractivity contribution in [2.45, 2.75) is 59.1 Å². The Morgan fingerprint density at radius 2 is 2.24 bits per heavy atom. The van der Waals surface area contributed by atoms with E-state index in [1.54, 1.807) is 0 Å². The van der Waals surface area contributed by atoms with E-state index in [9.17, 15) is 0 Å². The van der Waals surface area contributed by atoms with Gasteiger partial charge in [-0.05, 0) is 39.2 Å². The summed E-state index contributed by atoms with van der Waals surface area (Å²) >= 11 is 1.84. The van der Waals surface area contributed by atoms with Crippen LogP contribution in [-0.4, -0.2) is 37.3 Å². The van der Waals surface area contributed by atoms with Crippen molar-refractivity contribution in [1.29, 1.82) is 0 Å². The first-order valence-corrected chi connectivity index (χ1v) is 9.09. The van der Waals surface area contributed by atoms with Crippen molar-refractivity contribution in [3.8, 4) is 0 Å². The predicted octanol–water partition coefficient (Wildman–Crippen LogP) is 3.35. The molecule has 1 aromatic rings. The molecule has 0 spiro atoms. The summed E-state index contributed by atoms with van der Waals surface area (Å²) in [4.78, 5) is 8.55. The number of rotatable bonds is 8. The first kappa shape index (κ1) is 16.7. The Morgan fingerprint density at radius 1 is 1.38 bits per heavy atom. The van der Waals surface area contributed by atoms with Crippen LogP contribution in [0.2, 0.25) is 0 Å². The highest BCUT2D eigenvalue weighted by Gasteiger charge is 2.23. The third-order valence-electron chi connectivity index (χ3n) is 3.80. The Morgan fingerprint density at radius 3 is 3.00 bits per heavy atom. The zero-order valence-electron chi connectivity index (χ0n) is 13.7. The third-order valence-corrected chi connectivity index (χ3v) is 5.02. The molecule has 120 valence electrons. The lowest BCUT2D eigenvalue weighted by atomic mass is 10.1. The molecule has 1 atom stereocenters. The first-order valence-electron chi connectivity index (χ1n) is 8.28. The number of nitrogens with zero attached hydrogens (tertiary/aromatic N) is 2. The minimum Gasteiger partial charge on any atom is -0.376 e. The number of nitrogens with one attached hydrogen (secondary N) is 1. The fraction of sp³-hybridized carbons (Fsp3) is 0.812. The molecule has 2 rings (SSSR count). The second-order valence-electron chi connectivity index (χ2n) is 5.76. The van der Waals surface area contributed by atoms with E-state index in [4.69, 9.17) is 9.72 Å². The van der Waals surface area contributed by atoms with E-state index in [1.807, 2.05) is 11.3 Å². The SMILES string of the molecule is CCCNCc1sc(N2CCCC(OCCC)C2)nc1C. The second kappa shape index (κ2) is 8.71. The number of ether oxygens (including phenoxy) is 1. The Kier molecular flexibility index (Phi) is 6.93. The fourth-order valence-electron chi connectivity index (χ4n) is 2.62. The van der Waals surface area contributed by atoms with Crippen molar-refractivity contribution >= 4 is 16.5 Å². The molecule has 0 aliphatic carbocycles. The minimum atomic E-state index is 0.379. The molecule has 0 radical (unpaired) electrons. The molecule has 4 nitrogen and oxygen atoms in total. The Hall–Kier alpha value is -0.650. The topological polar surface area (TPSA) is 37.4 Å². The molecule has 5 heteroatoms. The van der Waals surface area contributed by atoms with E-state index >= 15 is 0 Å². The highest BCUT2D eigenvalue weighted by molar-refractivity contribution is 7.15. The van der Waals surface area contributed by atoms with Crippen LogP contribution in [0.4, 0.5) is 5.13 Å². The van der Waals surface area contributed by atoms with E-state index in [-0.39, 0.29) is 0 Å². The van der Waals surface area contributed by atoms with Gasteiger partial charge in [-0.25, -0.2) is 4.98 Å². The van der Waals surface area contributed by atoms with E-state index in [2.05, 4.69) is 31.0 Å². The monoisotopic (exact) mass is 311 g/mol. The van der Waals surface area contributed by atoms with E-state index < -0.39 is 0 Å². The molecule has 1 fully saturated rings. The Labute approximate surface area is 132 Å². The number of piperidine rings is 1. The summed E-state index contributed by atoms with van der Waals surface area (Å²) < 4.78 is 5.92. The molecule has 21 heavy (non-hydrogen) atoms. The van der Waals surface area contributed by atoms with Gasteiger partial charge in [-0.3, -0.25) is 0 Å².